The van der Waals surface area contributed by atoms with Crippen LogP contribution >= 0.6 is 11.8 Å². The number of rotatable bonds is 10. The van der Waals surface area contributed by atoms with Crippen molar-refractivity contribution >= 4 is 29.0 Å². The molecule has 0 radical (unpaired) electrons. The van der Waals surface area contributed by atoms with Gasteiger partial charge < -0.3 is 14.2 Å². The van der Waals surface area contributed by atoms with Crippen molar-refractivity contribution in [3.8, 4) is 17.2 Å². The summed E-state index contributed by atoms with van der Waals surface area (Å²) in [7, 11) is 0. The summed E-state index contributed by atoms with van der Waals surface area (Å²) in [5.41, 5.74) is 2.83. The molecule has 3 aromatic carbocycles. The molecular weight excluding hydrogens is 462 g/mol. The average molecular weight is 490 g/mol. The molecule has 6 nitrogen and oxygen atoms in total. The van der Waals surface area contributed by atoms with Gasteiger partial charge in [0.05, 0.1) is 11.4 Å². The molecule has 0 atom stereocenters. The van der Waals surface area contributed by atoms with Gasteiger partial charge in [-0.3, -0.25) is 14.5 Å². The lowest BCUT2D eigenvalue weighted by atomic mass is 10.1. The van der Waals surface area contributed by atoms with Crippen molar-refractivity contribution in [3.05, 3.63) is 94.4 Å². The zero-order valence-corrected chi connectivity index (χ0v) is 20.5. The van der Waals surface area contributed by atoms with E-state index in [1.807, 2.05) is 86.6 Å². The maximum atomic E-state index is 12.9. The van der Waals surface area contributed by atoms with E-state index in [4.69, 9.17) is 14.2 Å². The fourth-order valence-electron chi connectivity index (χ4n) is 3.50. The largest absolute Gasteiger partial charge is 0.491 e. The second-order valence-corrected chi connectivity index (χ2v) is 8.99. The van der Waals surface area contributed by atoms with Gasteiger partial charge in [-0.25, -0.2) is 0 Å². The van der Waals surface area contributed by atoms with E-state index >= 15 is 0 Å². The third-order valence-electron chi connectivity index (χ3n) is 5.35. The number of aryl methyl sites for hydroxylation is 2. The minimum absolute atomic E-state index is 0.185. The molecule has 1 aliphatic heterocycles. The first kappa shape index (κ1) is 24.4. The molecule has 4 rings (SSSR count). The number of thioether (sulfide) groups is 1. The number of carbonyl (C=O) groups is 2. The summed E-state index contributed by atoms with van der Waals surface area (Å²) in [6, 6.07) is 22.9. The van der Waals surface area contributed by atoms with Gasteiger partial charge in [0, 0.05) is 5.56 Å². The summed E-state index contributed by atoms with van der Waals surface area (Å²) < 4.78 is 17.4. The normalized spacial score (nSPS) is 14.5. The highest BCUT2D eigenvalue weighted by molar-refractivity contribution is 8.18. The summed E-state index contributed by atoms with van der Waals surface area (Å²) in [5.74, 6) is 1.83. The van der Waals surface area contributed by atoms with Gasteiger partial charge in [0.2, 0.25) is 0 Å². The van der Waals surface area contributed by atoms with Gasteiger partial charge in [-0.15, -0.1) is 0 Å². The van der Waals surface area contributed by atoms with Crippen molar-refractivity contribution in [1.82, 2.24) is 4.90 Å². The number of amides is 2. The monoisotopic (exact) mass is 489 g/mol. The van der Waals surface area contributed by atoms with Gasteiger partial charge in [-0.1, -0.05) is 48.5 Å². The smallest absolute Gasteiger partial charge is 0.293 e. The molecule has 1 heterocycles. The maximum absolute atomic E-state index is 12.9. The minimum Gasteiger partial charge on any atom is -0.491 e. The second-order valence-electron chi connectivity index (χ2n) is 8.00. The predicted molar refractivity (Wildman–Crippen MR) is 138 cm³/mol. The van der Waals surface area contributed by atoms with Gasteiger partial charge >= 0.3 is 0 Å². The molecule has 3 aromatic rings. The lowest BCUT2D eigenvalue weighted by molar-refractivity contribution is -0.123. The highest BCUT2D eigenvalue weighted by atomic mass is 32.2. The van der Waals surface area contributed by atoms with Gasteiger partial charge in [0.15, 0.2) is 0 Å². The Kier molecular flexibility index (Phi) is 8.11. The van der Waals surface area contributed by atoms with E-state index in [9.17, 15) is 9.59 Å². The number of benzene rings is 3. The standard InChI is InChI=1S/C28H27NO5S/c1-20-12-13-21(2)25(18-20)33-15-14-29-27(30)26(35-28(29)31)19-22-8-6-7-11-24(22)34-17-16-32-23-9-4-3-5-10-23/h3-13,18-19H,14-17H2,1-2H3/b26-19-. The molecule has 0 saturated carbocycles. The second kappa shape index (κ2) is 11.6. The summed E-state index contributed by atoms with van der Waals surface area (Å²) in [6.45, 7) is 5.10. The zero-order chi connectivity index (χ0) is 24.6. The topological polar surface area (TPSA) is 65.1 Å². The molecule has 35 heavy (non-hydrogen) atoms. The van der Waals surface area contributed by atoms with Gasteiger partial charge in [-0.05, 0) is 67.1 Å². The Hall–Kier alpha value is -3.71. The SMILES string of the molecule is Cc1ccc(C)c(OCCN2C(=O)S/C(=C\c3ccccc3OCCOc3ccccc3)C2=O)c1. The third-order valence-corrected chi connectivity index (χ3v) is 6.26. The van der Waals surface area contributed by atoms with E-state index in [0.717, 1.165) is 40.0 Å². The highest BCUT2D eigenvalue weighted by Gasteiger charge is 2.35. The number of imide groups is 1. The molecule has 180 valence electrons. The van der Waals surface area contributed by atoms with E-state index < -0.39 is 0 Å². The molecule has 1 saturated heterocycles. The van der Waals surface area contributed by atoms with Crippen molar-refractivity contribution in [2.24, 2.45) is 0 Å². The first-order chi connectivity index (χ1) is 17.0. The van der Waals surface area contributed by atoms with Gasteiger partial charge in [0.25, 0.3) is 11.1 Å². The summed E-state index contributed by atoms with van der Waals surface area (Å²) in [6.07, 6.45) is 1.70. The van der Waals surface area contributed by atoms with E-state index in [1.54, 1.807) is 6.08 Å². The van der Waals surface area contributed by atoms with Crippen molar-refractivity contribution in [3.63, 3.8) is 0 Å². The summed E-state index contributed by atoms with van der Waals surface area (Å²) in [4.78, 5) is 27.0. The van der Waals surface area contributed by atoms with Crippen LogP contribution in [0, 0.1) is 13.8 Å². The van der Waals surface area contributed by atoms with Crippen LogP contribution in [0.5, 0.6) is 17.2 Å². The lowest BCUT2D eigenvalue weighted by Crippen LogP contribution is -2.32. The zero-order valence-electron chi connectivity index (χ0n) is 19.7. The lowest BCUT2D eigenvalue weighted by Gasteiger charge is -2.14. The van der Waals surface area contributed by atoms with E-state index in [1.165, 1.54) is 4.90 Å². The summed E-state index contributed by atoms with van der Waals surface area (Å²) >= 11 is 0.926. The van der Waals surface area contributed by atoms with Crippen LogP contribution in [0.25, 0.3) is 6.08 Å². The molecule has 2 amide bonds. The van der Waals surface area contributed by atoms with Crippen molar-refractivity contribution < 1.29 is 23.8 Å². The van der Waals surface area contributed by atoms with Crippen LogP contribution in [0.4, 0.5) is 4.79 Å². The number of hydrogen-bond acceptors (Lipinski definition) is 6. The first-order valence-electron chi connectivity index (χ1n) is 11.4. The van der Waals surface area contributed by atoms with Gasteiger partial charge in [0.1, 0.15) is 37.1 Å². The van der Waals surface area contributed by atoms with E-state index in [2.05, 4.69) is 0 Å². The molecule has 0 aliphatic carbocycles. The van der Waals surface area contributed by atoms with Crippen molar-refractivity contribution in [2.45, 2.75) is 13.8 Å². The fraction of sp³-hybridized carbons (Fsp3) is 0.214. The Morgan fingerprint density at radius 3 is 2.34 bits per heavy atom. The molecule has 1 aliphatic rings. The number of hydrogen-bond donors (Lipinski definition) is 0. The first-order valence-corrected chi connectivity index (χ1v) is 12.2. The molecule has 0 unspecified atom stereocenters. The molecule has 0 N–H and O–H groups in total. The number of ether oxygens (including phenoxy) is 3. The number of carbonyl (C=O) groups excluding carboxylic acids is 2. The Morgan fingerprint density at radius 1 is 0.800 bits per heavy atom. The molecule has 7 heteroatoms. The Bertz CT molecular complexity index is 1230. The number of para-hydroxylation sites is 2. The summed E-state index contributed by atoms with van der Waals surface area (Å²) in [5, 5.41) is -0.305. The Balaban J connectivity index is 1.35. The maximum Gasteiger partial charge on any atom is 0.293 e. The molecule has 0 spiro atoms. The van der Waals surface area contributed by atoms with Crippen LogP contribution in [0.3, 0.4) is 0 Å². The molecule has 1 fully saturated rings. The third kappa shape index (κ3) is 6.45. The fourth-order valence-corrected chi connectivity index (χ4v) is 4.36. The minimum atomic E-state index is -0.327. The van der Waals surface area contributed by atoms with Crippen molar-refractivity contribution in [2.75, 3.05) is 26.4 Å². The number of nitrogens with zero attached hydrogens (tertiary/aromatic N) is 1. The predicted octanol–water partition coefficient (Wildman–Crippen LogP) is 5.88. The quantitative estimate of drug-likeness (QED) is 0.262. The van der Waals surface area contributed by atoms with E-state index in [-0.39, 0.29) is 24.3 Å². The average Bonchev–Trinajstić information content (AvgIpc) is 3.13. The highest BCUT2D eigenvalue weighted by Crippen LogP contribution is 2.34. The van der Waals surface area contributed by atoms with E-state index in [0.29, 0.717) is 23.9 Å². The Morgan fingerprint density at radius 2 is 1.51 bits per heavy atom. The van der Waals surface area contributed by atoms with Crippen molar-refractivity contribution in [1.29, 1.82) is 0 Å². The van der Waals surface area contributed by atoms with Crippen LogP contribution in [0.2, 0.25) is 0 Å². The van der Waals surface area contributed by atoms with Crippen LogP contribution in [0.1, 0.15) is 16.7 Å². The molecule has 0 bridgehead atoms. The Labute approximate surface area is 209 Å². The molecular formula is C28H27NO5S. The van der Waals surface area contributed by atoms with Crippen LogP contribution in [0.15, 0.2) is 77.7 Å². The van der Waals surface area contributed by atoms with Crippen LogP contribution in [-0.2, 0) is 4.79 Å². The molecule has 0 aromatic heterocycles. The van der Waals surface area contributed by atoms with Crippen LogP contribution < -0.4 is 14.2 Å². The van der Waals surface area contributed by atoms with Gasteiger partial charge in [-0.2, -0.15) is 0 Å². The van der Waals surface area contributed by atoms with Crippen LogP contribution in [-0.4, -0.2) is 42.4 Å².